The average Bonchev–Trinajstić information content (AvgIpc) is 3.56. The van der Waals surface area contributed by atoms with Crippen LogP contribution in [0, 0.1) is 0 Å². The van der Waals surface area contributed by atoms with E-state index >= 15 is 0 Å². The highest BCUT2D eigenvalue weighted by molar-refractivity contribution is 7.89. The monoisotopic (exact) mass is 539 g/mol. The molecule has 37 heavy (non-hydrogen) atoms. The molecule has 0 saturated heterocycles. The van der Waals surface area contributed by atoms with Gasteiger partial charge < -0.3 is 4.42 Å². The average molecular weight is 540 g/mol. The van der Waals surface area contributed by atoms with Gasteiger partial charge in [-0.25, -0.2) is 13.4 Å². The van der Waals surface area contributed by atoms with Crippen molar-refractivity contribution in [2.24, 2.45) is 0 Å². The van der Waals surface area contributed by atoms with Crippen LogP contribution in [0.5, 0.6) is 0 Å². The third-order valence-electron chi connectivity index (χ3n) is 6.12. The number of thiazole rings is 1. The zero-order chi connectivity index (χ0) is 26.6. The Morgan fingerprint density at radius 2 is 1.70 bits per heavy atom. The lowest BCUT2D eigenvalue weighted by Gasteiger charge is -2.21. The van der Waals surface area contributed by atoms with E-state index in [0.717, 1.165) is 28.6 Å². The van der Waals surface area contributed by atoms with Gasteiger partial charge in [0.25, 0.3) is 5.91 Å². The van der Waals surface area contributed by atoms with Crippen LogP contribution in [0.2, 0.25) is 0 Å². The number of amides is 1. The summed E-state index contributed by atoms with van der Waals surface area (Å²) in [5.74, 6) is 0.650. The van der Waals surface area contributed by atoms with E-state index in [1.807, 2.05) is 32.0 Å². The number of carbonyl (C=O) groups excluding carboxylic acids is 1. The molecule has 9 heteroatoms. The number of para-hydroxylation sites is 1. The number of hydrogen-bond acceptors (Lipinski definition) is 6. The van der Waals surface area contributed by atoms with E-state index in [1.165, 1.54) is 27.8 Å². The van der Waals surface area contributed by atoms with Crippen molar-refractivity contribution in [1.82, 2.24) is 9.29 Å². The molecule has 0 bridgehead atoms. The smallest absolute Gasteiger partial charge is 0.260 e. The fourth-order valence-corrected chi connectivity index (χ4v) is 6.87. The molecule has 0 aliphatic rings. The highest BCUT2D eigenvalue weighted by Crippen LogP contribution is 2.35. The Morgan fingerprint density at radius 1 is 1.00 bits per heavy atom. The summed E-state index contributed by atoms with van der Waals surface area (Å²) in [6.45, 7) is 9.30. The molecule has 0 atom stereocenters. The molecule has 1 amide bonds. The van der Waals surface area contributed by atoms with Crippen LogP contribution in [0.15, 0.2) is 70.2 Å². The molecule has 0 unspecified atom stereocenters. The fourth-order valence-electron chi connectivity index (χ4n) is 4.25. The summed E-state index contributed by atoms with van der Waals surface area (Å²) in [5, 5.41) is 0.568. The number of fused-ring (bicyclic) bond motifs is 1. The van der Waals surface area contributed by atoms with Crippen molar-refractivity contribution in [2.45, 2.75) is 57.9 Å². The SMILES string of the molecule is CCCN(CCC)S(=O)(=O)c1ccc(C(=O)N(Cc2ccco2)c2nc3c(C(C)C)cccc3s2)cc1. The van der Waals surface area contributed by atoms with Crippen LogP contribution in [-0.4, -0.2) is 36.7 Å². The van der Waals surface area contributed by atoms with Crippen molar-refractivity contribution in [3.8, 4) is 0 Å². The van der Waals surface area contributed by atoms with Gasteiger partial charge >= 0.3 is 0 Å². The molecule has 0 aliphatic heterocycles. The van der Waals surface area contributed by atoms with Gasteiger partial charge in [-0.15, -0.1) is 0 Å². The summed E-state index contributed by atoms with van der Waals surface area (Å²) in [5.41, 5.74) is 2.40. The number of anilines is 1. The zero-order valence-electron chi connectivity index (χ0n) is 21.7. The molecule has 2 aromatic carbocycles. The molecule has 2 aromatic heterocycles. The number of rotatable bonds is 11. The Bertz CT molecular complexity index is 1440. The van der Waals surface area contributed by atoms with Crippen LogP contribution in [0.25, 0.3) is 10.2 Å². The molecule has 0 N–H and O–H groups in total. The molecule has 4 aromatic rings. The number of sulfonamides is 1. The van der Waals surface area contributed by atoms with E-state index in [1.54, 1.807) is 29.4 Å². The van der Waals surface area contributed by atoms with Gasteiger partial charge in [0.15, 0.2) is 5.13 Å². The summed E-state index contributed by atoms with van der Waals surface area (Å²) in [6, 6.07) is 15.9. The molecule has 0 saturated carbocycles. The van der Waals surface area contributed by atoms with Crippen LogP contribution < -0.4 is 4.90 Å². The number of benzene rings is 2. The van der Waals surface area contributed by atoms with Crippen molar-refractivity contribution in [1.29, 1.82) is 0 Å². The van der Waals surface area contributed by atoms with E-state index in [4.69, 9.17) is 9.40 Å². The topological polar surface area (TPSA) is 83.7 Å². The molecule has 2 heterocycles. The summed E-state index contributed by atoms with van der Waals surface area (Å²) >= 11 is 1.45. The lowest BCUT2D eigenvalue weighted by molar-refractivity contribution is 0.0983. The second-order valence-corrected chi connectivity index (χ2v) is 12.2. The van der Waals surface area contributed by atoms with Gasteiger partial charge in [0.2, 0.25) is 10.0 Å². The number of furan rings is 1. The molecule has 0 aliphatic carbocycles. The minimum Gasteiger partial charge on any atom is -0.467 e. The van der Waals surface area contributed by atoms with Gasteiger partial charge in [-0.3, -0.25) is 9.69 Å². The van der Waals surface area contributed by atoms with Gasteiger partial charge in [-0.05, 0) is 66.8 Å². The van der Waals surface area contributed by atoms with Gasteiger partial charge in [0.1, 0.15) is 5.76 Å². The maximum Gasteiger partial charge on any atom is 0.260 e. The van der Waals surface area contributed by atoms with Gasteiger partial charge in [-0.1, -0.05) is 51.2 Å². The number of nitrogens with zero attached hydrogens (tertiary/aromatic N) is 3. The number of aromatic nitrogens is 1. The molecule has 4 rings (SSSR count). The first kappa shape index (κ1) is 27.0. The first-order valence-corrected chi connectivity index (χ1v) is 14.9. The van der Waals surface area contributed by atoms with Gasteiger partial charge in [0, 0.05) is 18.7 Å². The molecule has 196 valence electrons. The molecule has 7 nitrogen and oxygen atoms in total. The standard InChI is InChI=1S/C28H33N3O4S2/c1-5-16-30(17-6-2)37(33,34)23-14-12-21(13-15-23)27(32)31(19-22-9-8-18-35-22)28-29-26-24(20(3)4)10-7-11-25(26)36-28/h7-15,18,20H,5-6,16-17,19H2,1-4H3. The van der Waals surface area contributed by atoms with Gasteiger partial charge in [0.05, 0.1) is 27.9 Å². The predicted octanol–water partition coefficient (Wildman–Crippen LogP) is 6.67. The number of carbonyl (C=O) groups is 1. The Labute approximate surface area is 222 Å². The maximum absolute atomic E-state index is 13.8. The lowest BCUT2D eigenvalue weighted by Crippen LogP contribution is -2.33. The van der Waals surface area contributed by atoms with E-state index in [0.29, 0.717) is 35.5 Å². The fraction of sp³-hybridized carbons (Fsp3) is 0.357. The van der Waals surface area contributed by atoms with Crippen molar-refractivity contribution in [2.75, 3.05) is 18.0 Å². The molecule has 0 fully saturated rings. The van der Waals surface area contributed by atoms with E-state index < -0.39 is 10.0 Å². The van der Waals surface area contributed by atoms with Crippen molar-refractivity contribution >= 4 is 42.6 Å². The van der Waals surface area contributed by atoms with Crippen LogP contribution in [0.1, 0.15) is 68.1 Å². The third kappa shape index (κ3) is 5.79. The summed E-state index contributed by atoms with van der Waals surface area (Å²) < 4.78 is 34.4. The predicted molar refractivity (Wildman–Crippen MR) is 149 cm³/mol. The summed E-state index contributed by atoms with van der Waals surface area (Å²) in [7, 11) is -3.63. The molecule has 0 spiro atoms. The van der Waals surface area contributed by atoms with E-state index in [-0.39, 0.29) is 17.3 Å². The second kappa shape index (κ2) is 11.6. The summed E-state index contributed by atoms with van der Waals surface area (Å²) in [4.78, 5) is 20.4. The largest absolute Gasteiger partial charge is 0.467 e. The quantitative estimate of drug-likeness (QED) is 0.213. The Morgan fingerprint density at radius 3 is 2.30 bits per heavy atom. The van der Waals surface area contributed by atoms with Crippen LogP contribution in [0.3, 0.4) is 0 Å². The molecular formula is C28H33N3O4S2. The van der Waals surface area contributed by atoms with Crippen molar-refractivity contribution in [3.05, 3.63) is 77.7 Å². The normalized spacial score (nSPS) is 12.1. The minimum absolute atomic E-state index is 0.185. The first-order valence-electron chi connectivity index (χ1n) is 12.6. The Balaban J connectivity index is 1.69. The van der Waals surface area contributed by atoms with Crippen LogP contribution in [-0.2, 0) is 16.6 Å². The van der Waals surface area contributed by atoms with E-state index in [2.05, 4.69) is 19.9 Å². The molecule has 0 radical (unpaired) electrons. The van der Waals surface area contributed by atoms with E-state index in [9.17, 15) is 13.2 Å². The van der Waals surface area contributed by atoms with Crippen LogP contribution in [0.4, 0.5) is 5.13 Å². The molecular weight excluding hydrogens is 506 g/mol. The van der Waals surface area contributed by atoms with Crippen LogP contribution >= 0.6 is 11.3 Å². The Hall–Kier alpha value is -3.01. The van der Waals surface area contributed by atoms with Crippen molar-refractivity contribution in [3.63, 3.8) is 0 Å². The minimum atomic E-state index is -3.63. The third-order valence-corrected chi connectivity index (χ3v) is 9.07. The second-order valence-electron chi connectivity index (χ2n) is 9.24. The maximum atomic E-state index is 13.8. The first-order chi connectivity index (χ1) is 17.8. The number of hydrogen-bond donors (Lipinski definition) is 0. The van der Waals surface area contributed by atoms with Gasteiger partial charge in [-0.2, -0.15) is 4.31 Å². The zero-order valence-corrected chi connectivity index (χ0v) is 23.3. The Kier molecular flexibility index (Phi) is 8.46. The highest BCUT2D eigenvalue weighted by Gasteiger charge is 2.26. The summed E-state index contributed by atoms with van der Waals surface area (Å²) in [6.07, 6.45) is 3.04. The highest BCUT2D eigenvalue weighted by atomic mass is 32.2. The lowest BCUT2D eigenvalue weighted by atomic mass is 10.0. The van der Waals surface area contributed by atoms with Crippen molar-refractivity contribution < 1.29 is 17.6 Å².